The second-order valence-electron chi connectivity index (χ2n) is 5.35. The summed E-state index contributed by atoms with van der Waals surface area (Å²) in [5.41, 5.74) is 1.26. The summed E-state index contributed by atoms with van der Waals surface area (Å²) in [6.45, 7) is 9.56. The molecule has 2 nitrogen and oxygen atoms in total. The van der Waals surface area contributed by atoms with Gasteiger partial charge in [-0.1, -0.05) is 6.92 Å². The van der Waals surface area contributed by atoms with Crippen LogP contribution in [0.4, 0.5) is 0 Å². The summed E-state index contributed by atoms with van der Waals surface area (Å²) >= 11 is 3.58. The highest BCUT2D eigenvalue weighted by molar-refractivity contribution is 7.16. The lowest BCUT2D eigenvalue weighted by Gasteiger charge is -2.19. The lowest BCUT2D eigenvalue weighted by Crippen LogP contribution is -2.34. The van der Waals surface area contributed by atoms with Crippen LogP contribution in [-0.4, -0.2) is 10.5 Å². The Balaban J connectivity index is 2.06. The van der Waals surface area contributed by atoms with Crippen LogP contribution in [0, 0.1) is 0 Å². The van der Waals surface area contributed by atoms with Crippen LogP contribution in [0.3, 0.4) is 0 Å². The maximum absolute atomic E-state index is 4.70. The molecule has 0 unspecified atom stereocenters. The van der Waals surface area contributed by atoms with Crippen molar-refractivity contribution in [2.45, 2.75) is 46.2 Å². The average molecular weight is 280 g/mol. The first kappa shape index (κ1) is 13.7. The number of hydrogen-bond donors (Lipinski definition) is 1. The van der Waals surface area contributed by atoms with E-state index in [0.717, 1.165) is 23.7 Å². The van der Waals surface area contributed by atoms with Crippen molar-refractivity contribution in [1.82, 2.24) is 10.3 Å². The van der Waals surface area contributed by atoms with Crippen molar-refractivity contribution in [3.8, 4) is 10.6 Å². The molecule has 1 N–H and O–H groups in total. The van der Waals surface area contributed by atoms with E-state index in [1.165, 1.54) is 9.75 Å². The Morgan fingerprint density at radius 3 is 2.67 bits per heavy atom. The van der Waals surface area contributed by atoms with Gasteiger partial charge in [-0.2, -0.15) is 0 Å². The Hall–Kier alpha value is -0.710. The Bertz CT molecular complexity index is 506. The molecule has 0 spiro atoms. The van der Waals surface area contributed by atoms with E-state index < -0.39 is 0 Å². The van der Waals surface area contributed by atoms with Crippen LogP contribution < -0.4 is 5.32 Å². The van der Waals surface area contributed by atoms with Gasteiger partial charge in [0.15, 0.2) is 0 Å². The second-order valence-corrected chi connectivity index (χ2v) is 7.46. The number of nitrogens with zero attached hydrogens (tertiary/aromatic N) is 1. The largest absolute Gasteiger partial charge is 0.306 e. The van der Waals surface area contributed by atoms with Crippen LogP contribution in [0.25, 0.3) is 10.6 Å². The Morgan fingerprint density at radius 2 is 2.06 bits per heavy atom. The zero-order valence-electron chi connectivity index (χ0n) is 11.4. The van der Waals surface area contributed by atoms with Crippen LogP contribution in [0.15, 0.2) is 17.5 Å². The van der Waals surface area contributed by atoms with E-state index in [1.54, 1.807) is 11.3 Å². The molecule has 0 fully saturated rings. The lowest BCUT2D eigenvalue weighted by atomic mass is 10.1. The highest BCUT2D eigenvalue weighted by atomic mass is 32.1. The number of rotatable bonds is 4. The summed E-state index contributed by atoms with van der Waals surface area (Å²) in [4.78, 5) is 7.40. The summed E-state index contributed by atoms with van der Waals surface area (Å²) < 4.78 is 0. The van der Waals surface area contributed by atoms with Crippen LogP contribution in [-0.2, 0) is 13.0 Å². The zero-order chi connectivity index (χ0) is 13.2. The normalized spacial score (nSPS) is 12.0. The summed E-state index contributed by atoms with van der Waals surface area (Å²) in [7, 11) is 0. The fourth-order valence-electron chi connectivity index (χ4n) is 1.55. The van der Waals surface area contributed by atoms with E-state index in [0.29, 0.717) is 0 Å². The minimum Gasteiger partial charge on any atom is -0.306 e. The predicted octanol–water partition coefficient (Wildman–Crippen LogP) is 4.32. The summed E-state index contributed by atoms with van der Waals surface area (Å²) in [6.07, 6.45) is 1.10. The van der Waals surface area contributed by atoms with Crippen molar-refractivity contribution in [2.24, 2.45) is 0 Å². The molecule has 0 atom stereocenters. The van der Waals surface area contributed by atoms with Gasteiger partial charge in [0, 0.05) is 22.3 Å². The third kappa shape index (κ3) is 3.64. The van der Waals surface area contributed by atoms with Gasteiger partial charge in [-0.25, -0.2) is 4.98 Å². The fraction of sp³-hybridized carbons (Fsp3) is 0.500. The first-order valence-electron chi connectivity index (χ1n) is 6.26. The van der Waals surface area contributed by atoms with Gasteiger partial charge in [0.05, 0.1) is 10.6 Å². The van der Waals surface area contributed by atoms with Crippen LogP contribution in [0.2, 0.25) is 0 Å². The Labute approximate surface area is 117 Å². The van der Waals surface area contributed by atoms with Crippen molar-refractivity contribution in [1.29, 1.82) is 0 Å². The second kappa shape index (κ2) is 5.51. The van der Waals surface area contributed by atoms with E-state index in [9.17, 15) is 0 Å². The quantitative estimate of drug-likeness (QED) is 0.902. The molecule has 0 aromatic carbocycles. The Morgan fingerprint density at radius 1 is 1.28 bits per heavy atom. The Kier molecular flexibility index (Phi) is 4.20. The molecule has 0 aliphatic rings. The van der Waals surface area contributed by atoms with Gasteiger partial charge in [-0.05, 0) is 39.3 Å². The summed E-state index contributed by atoms with van der Waals surface area (Å²) in [5, 5.41) is 6.79. The number of aromatic nitrogens is 1. The monoisotopic (exact) mass is 280 g/mol. The minimum atomic E-state index is 0.143. The number of thiophene rings is 1. The zero-order valence-corrected chi connectivity index (χ0v) is 13.0. The standard InChI is InChI=1S/C14H20N2S2/c1-5-10-6-7-12(18-10)11-9-17-13(16-11)8-15-14(2,3)4/h6-7,9,15H,5,8H2,1-4H3. The topological polar surface area (TPSA) is 24.9 Å². The highest BCUT2D eigenvalue weighted by Crippen LogP contribution is 2.29. The number of aryl methyl sites for hydroxylation is 1. The predicted molar refractivity (Wildman–Crippen MR) is 81.4 cm³/mol. The van der Waals surface area contributed by atoms with Crippen molar-refractivity contribution < 1.29 is 0 Å². The molecule has 2 aromatic heterocycles. The molecule has 0 bridgehead atoms. The van der Waals surface area contributed by atoms with E-state index in [-0.39, 0.29) is 5.54 Å². The van der Waals surface area contributed by atoms with Crippen LogP contribution in [0.1, 0.15) is 37.6 Å². The molecular formula is C14H20N2S2. The van der Waals surface area contributed by atoms with E-state index >= 15 is 0 Å². The van der Waals surface area contributed by atoms with Gasteiger partial charge in [-0.15, -0.1) is 22.7 Å². The van der Waals surface area contributed by atoms with Crippen molar-refractivity contribution >= 4 is 22.7 Å². The molecule has 0 saturated heterocycles. The number of hydrogen-bond acceptors (Lipinski definition) is 4. The van der Waals surface area contributed by atoms with Gasteiger partial charge >= 0.3 is 0 Å². The SMILES string of the molecule is CCc1ccc(-c2csc(CNC(C)(C)C)n2)s1. The third-order valence-electron chi connectivity index (χ3n) is 2.58. The fourth-order valence-corrected chi connectivity index (χ4v) is 3.27. The first-order valence-corrected chi connectivity index (χ1v) is 7.96. The minimum absolute atomic E-state index is 0.143. The first-order chi connectivity index (χ1) is 8.48. The van der Waals surface area contributed by atoms with E-state index in [2.05, 4.69) is 50.5 Å². The third-order valence-corrected chi connectivity index (χ3v) is 4.69. The van der Waals surface area contributed by atoms with Gasteiger partial charge in [0.1, 0.15) is 5.01 Å². The molecule has 2 aromatic rings. The number of nitrogens with one attached hydrogen (secondary N) is 1. The molecule has 2 rings (SSSR count). The number of thiazole rings is 1. The van der Waals surface area contributed by atoms with Crippen molar-refractivity contribution in [3.63, 3.8) is 0 Å². The van der Waals surface area contributed by atoms with Crippen molar-refractivity contribution in [3.05, 3.63) is 27.4 Å². The molecule has 4 heteroatoms. The molecule has 2 heterocycles. The molecule has 18 heavy (non-hydrogen) atoms. The van der Waals surface area contributed by atoms with Crippen molar-refractivity contribution in [2.75, 3.05) is 0 Å². The molecule has 0 radical (unpaired) electrons. The maximum Gasteiger partial charge on any atom is 0.107 e. The van der Waals surface area contributed by atoms with Crippen LogP contribution >= 0.6 is 22.7 Å². The van der Waals surface area contributed by atoms with E-state index in [4.69, 9.17) is 4.98 Å². The molecular weight excluding hydrogens is 260 g/mol. The molecule has 0 amide bonds. The van der Waals surface area contributed by atoms with E-state index in [1.807, 2.05) is 11.3 Å². The van der Waals surface area contributed by atoms with Gasteiger partial charge in [0.25, 0.3) is 0 Å². The summed E-state index contributed by atoms with van der Waals surface area (Å²) in [6, 6.07) is 4.38. The smallest absolute Gasteiger partial charge is 0.107 e. The molecule has 98 valence electrons. The van der Waals surface area contributed by atoms with Gasteiger partial charge in [-0.3, -0.25) is 0 Å². The van der Waals surface area contributed by atoms with Gasteiger partial charge < -0.3 is 5.32 Å². The molecule has 0 aliphatic carbocycles. The highest BCUT2D eigenvalue weighted by Gasteiger charge is 2.11. The lowest BCUT2D eigenvalue weighted by molar-refractivity contribution is 0.424. The van der Waals surface area contributed by atoms with Crippen LogP contribution in [0.5, 0.6) is 0 Å². The maximum atomic E-state index is 4.70. The van der Waals surface area contributed by atoms with Gasteiger partial charge in [0.2, 0.25) is 0 Å². The average Bonchev–Trinajstić information content (AvgIpc) is 2.94. The summed E-state index contributed by atoms with van der Waals surface area (Å²) in [5.74, 6) is 0. The molecule has 0 aliphatic heterocycles. The molecule has 0 saturated carbocycles.